The Kier molecular flexibility index (Phi) is 5.49. The fourth-order valence-corrected chi connectivity index (χ4v) is 2.84. The molecule has 0 saturated carbocycles. The summed E-state index contributed by atoms with van der Waals surface area (Å²) in [5.74, 6) is 0.970. The van der Waals surface area contributed by atoms with E-state index in [0.717, 1.165) is 11.1 Å². The second-order valence-corrected chi connectivity index (χ2v) is 6.24. The Morgan fingerprint density at radius 2 is 1.93 bits per heavy atom. The van der Waals surface area contributed by atoms with Gasteiger partial charge in [0.25, 0.3) is 0 Å². The van der Waals surface area contributed by atoms with E-state index in [0.29, 0.717) is 35.7 Å². The fourth-order valence-electron chi connectivity index (χ4n) is 2.84. The first-order valence-corrected chi connectivity index (χ1v) is 8.55. The number of anilines is 1. The van der Waals surface area contributed by atoms with Crippen LogP contribution < -0.4 is 14.8 Å². The third-order valence-corrected chi connectivity index (χ3v) is 4.47. The molecule has 142 valence electrons. The van der Waals surface area contributed by atoms with Crippen molar-refractivity contribution in [2.75, 3.05) is 33.1 Å². The summed E-state index contributed by atoms with van der Waals surface area (Å²) in [6, 6.07) is 10.6. The number of benzene rings is 2. The average molecular weight is 370 g/mol. The number of likely N-dealkylation sites (N-methyl/N-ethyl adjacent to an activating group) is 1. The molecule has 0 radical (unpaired) electrons. The van der Waals surface area contributed by atoms with Gasteiger partial charge in [0.05, 0.1) is 19.8 Å². The maximum atomic E-state index is 12.4. The SMILES string of the molecule is COc1ccc(CCN(C)C(=O)Nc2ccc3c(c2)C(=O)OC3)cc1OC. The number of esters is 1. The quantitative estimate of drug-likeness (QED) is 0.791. The zero-order valence-corrected chi connectivity index (χ0v) is 15.6. The third-order valence-electron chi connectivity index (χ3n) is 4.47. The highest BCUT2D eigenvalue weighted by Crippen LogP contribution is 2.28. The Balaban J connectivity index is 1.58. The largest absolute Gasteiger partial charge is 0.493 e. The number of urea groups is 1. The van der Waals surface area contributed by atoms with Crippen LogP contribution in [0, 0.1) is 0 Å². The van der Waals surface area contributed by atoms with Crippen molar-refractivity contribution in [3.05, 3.63) is 53.1 Å². The minimum atomic E-state index is -0.358. The van der Waals surface area contributed by atoms with Crippen molar-refractivity contribution in [2.24, 2.45) is 0 Å². The molecule has 7 heteroatoms. The fraction of sp³-hybridized carbons (Fsp3) is 0.300. The van der Waals surface area contributed by atoms with Crippen LogP contribution in [0.3, 0.4) is 0 Å². The molecule has 0 atom stereocenters. The molecule has 2 aromatic carbocycles. The summed E-state index contributed by atoms with van der Waals surface area (Å²) in [5.41, 5.74) is 2.93. The Bertz CT molecular complexity index is 865. The molecule has 1 aliphatic heterocycles. The van der Waals surface area contributed by atoms with Gasteiger partial charge in [-0.25, -0.2) is 9.59 Å². The van der Waals surface area contributed by atoms with Crippen LogP contribution >= 0.6 is 0 Å². The van der Waals surface area contributed by atoms with Crippen LogP contribution in [0.15, 0.2) is 36.4 Å². The van der Waals surface area contributed by atoms with Gasteiger partial charge in [-0.05, 0) is 36.2 Å². The molecule has 0 bridgehead atoms. The van der Waals surface area contributed by atoms with Crippen LogP contribution in [0.5, 0.6) is 11.5 Å². The van der Waals surface area contributed by atoms with Crippen LogP contribution in [0.25, 0.3) is 0 Å². The van der Waals surface area contributed by atoms with Crippen molar-refractivity contribution >= 4 is 17.7 Å². The number of amides is 2. The van der Waals surface area contributed by atoms with Gasteiger partial charge in [0, 0.05) is 24.8 Å². The summed E-state index contributed by atoms with van der Waals surface area (Å²) in [7, 11) is 4.90. The van der Waals surface area contributed by atoms with E-state index in [4.69, 9.17) is 14.2 Å². The van der Waals surface area contributed by atoms with Crippen molar-refractivity contribution in [1.29, 1.82) is 0 Å². The summed E-state index contributed by atoms with van der Waals surface area (Å²) >= 11 is 0. The highest BCUT2D eigenvalue weighted by atomic mass is 16.5. The molecular weight excluding hydrogens is 348 g/mol. The van der Waals surface area contributed by atoms with Crippen LogP contribution in [-0.4, -0.2) is 44.7 Å². The molecule has 0 saturated heterocycles. The Hall–Kier alpha value is -3.22. The minimum Gasteiger partial charge on any atom is -0.493 e. The van der Waals surface area contributed by atoms with E-state index in [1.54, 1.807) is 44.4 Å². The van der Waals surface area contributed by atoms with Gasteiger partial charge in [0.2, 0.25) is 0 Å². The first-order valence-electron chi connectivity index (χ1n) is 8.55. The number of ether oxygens (including phenoxy) is 3. The molecule has 27 heavy (non-hydrogen) atoms. The Morgan fingerprint density at radius 1 is 1.15 bits per heavy atom. The van der Waals surface area contributed by atoms with Gasteiger partial charge in [-0.15, -0.1) is 0 Å². The topological polar surface area (TPSA) is 77.1 Å². The summed E-state index contributed by atoms with van der Waals surface area (Å²) in [6.07, 6.45) is 0.667. The number of hydrogen-bond donors (Lipinski definition) is 1. The van der Waals surface area contributed by atoms with Gasteiger partial charge >= 0.3 is 12.0 Å². The normalized spacial score (nSPS) is 12.2. The van der Waals surface area contributed by atoms with E-state index < -0.39 is 0 Å². The van der Waals surface area contributed by atoms with E-state index in [-0.39, 0.29) is 18.6 Å². The van der Waals surface area contributed by atoms with Gasteiger partial charge in [-0.3, -0.25) is 0 Å². The summed E-state index contributed by atoms with van der Waals surface area (Å²) in [4.78, 5) is 25.6. The number of fused-ring (bicyclic) bond motifs is 1. The first-order chi connectivity index (χ1) is 13.0. The molecule has 1 heterocycles. The molecule has 1 aliphatic rings. The molecule has 2 amide bonds. The van der Waals surface area contributed by atoms with Crippen molar-refractivity contribution in [3.8, 4) is 11.5 Å². The lowest BCUT2D eigenvalue weighted by atomic mass is 10.1. The number of cyclic esters (lactones) is 1. The van der Waals surface area contributed by atoms with E-state index >= 15 is 0 Å². The molecular formula is C20H22N2O5. The summed E-state index contributed by atoms with van der Waals surface area (Å²) < 4.78 is 15.5. The van der Waals surface area contributed by atoms with E-state index in [1.807, 2.05) is 18.2 Å². The van der Waals surface area contributed by atoms with Crippen molar-refractivity contribution in [1.82, 2.24) is 4.90 Å². The molecule has 0 spiro atoms. The molecule has 3 rings (SSSR count). The van der Waals surface area contributed by atoms with Crippen molar-refractivity contribution in [2.45, 2.75) is 13.0 Å². The number of nitrogens with zero attached hydrogens (tertiary/aromatic N) is 1. The maximum absolute atomic E-state index is 12.4. The lowest BCUT2D eigenvalue weighted by molar-refractivity contribution is 0.0535. The number of nitrogens with one attached hydrogen (secondary N) is 1. The molecule has 0 unspecified atom stereocenters. The summed E-state index contributed by atoms with van der Waals surface area (Å²) in [5, 5.41) is 2.80. The van der Waals surface area contributed by atoms with E-state index in [9.17, 15) is 9.59 Å². The predicted molar refractivity (Wildman–Crippen MR) is 100 cm³/mol. The molecule has 1 N–H and O–H groups in total. The number of methoxy groups -OCH3 is 2. The van der Waals surface area contributed by atoms with Gasteiger partial charge < -0.3 is 24.4 Å². The average Bonchev–Trinajstić information content (AvgIpc) is 3.06. The second kappa shape index (κ2) is 7.99. The molecule has 2 aromatic rings. The lowest BCUT2D eigenvalue weighted by Gasteiger charge is -2.18. The Labute approximate surface area is 157 Å². The van der Waals surface area contributed by atoms with Gasteiger partial charge in [0.1, 0.15) is 6.61 Å². The third kappa shape index (κ3) is 4.13. The molecule has 7 nitrogen and oxygen atoms in total. The van der Waals surface area contributed by atoms with E-state index in [1.165, 1.54) is 0 Å². The van der Waals surface area contributed by atoms with Crippen LogP contribution in [0.2, 0.25) is 0 Å². The summed E-state index contributed by atoms with van der Waals surface area (Å²) in [6.45, 7) is 0.807. The standard InChI is InChI=1S/C20H22N2O5/c1-22(9-8-13-4-7-17(25-2)18(10-13)26-3)20(24)21-15-6-5-14-12-27-19(23)16(14)11-15/h4-7,10-11H,8-9,12H2,1-3H3,(H,21,24). The molecule has 0 aliphatic carbocycles. The van der Waals surface area contributed by atoms with Gasteiger partial charge in [-0.2, -0.15) is 0 Å². The van der Waals surface area contributed by atoms with Crippen molar-refractivity contribution in [3.63, 3.8) is 0 Å². The van der Waals surface area contributed by atoms with Crippen molar-refractivity contribution < 1.29 is 23.8 Å². The van der Waals surface area contributed by atoms with E-state index in [2.05, 4.69) is 5.32 Å². The Morgan fingerprint density at radius 3 is 2.67 bits per heavy atom. The smallest absolute Gasteiger partial charge is 0.338 e. The highest BCUT2D eigenvalue weighted by Gasteiger charge is 2.21. The molecule has 0 aromatic heterocycles. The van der Waals surface area contributed by atoms with Gasteiger partial charge in [0.15, 0.2) is 11.5 Å². The van der Waals surface area contributed by atoms with Crippen LogP contribution in [0.1, 0.15) is 21.5 Å². The monoisotopic (exact) mass is 370 g/mol. The molecule has 0 fully saturated rings. The minimum absolute atomic E-state index is 0.248. The highest BCUT2D eigenvalue weighted by molar-refractivity contribution is 5.96. The number of rotatable bonds is 6. The first kappa shape index (κ1) is 18.6. The number of carbonyl (C=O) groups excluding carboxylic acids is 2. The predicted octanol–water partition coefficient (Wildman–Crippen LogP) is 3.08. The van der Waals surface area contributed by atoms with Gasteiger partial charge in [-0.1, -0.05) is 12.1 Å². The maximum Gasteiger partial charge on any atom is 0.338 e. The zero-order chi connectivity index (χ0) is 19.4. The number of hydrogen-bond acceptors (Lipinski definition) is 5. The van der Waals surface area contributed by atoms with Crippen LogP contribution in [-0.2, 0) is 17.8 Å². The zero-order valence-electron chi connectivity index (χ0n) is 15.6. The lowest BCUT2D eigenvalue weighted by Crippen LogP contribution is -2.33. The second-order valence-electron chi connectivity index (χ2n) is 6.24. The van der Waals surface area contributed by atoms with Crippen LogP contribution in [0.4, 0.5) is 10.5 Å². The number of carbonyl (C=O) groups is 2.